The van der Waals surface area contributed by atoms with Gasteiger partial charge in [0.25, 0.3) is 0 Å². The number of aryl methyl sites for hydroxylation is 1. The number of amidine groups is 1. The van der Waals surface area contributed by atoms with Crippen LogP contribution < -0.4 is 0 Å². The highest BCUT2D eigenvalue weighted by Crippen LogP contribution is 2.23. The van der Waals surface area contributed by atoms with Crippen molar-refractivity contribution in [2.24, 2.45) is 4.99 Å². The first-order valence-electron chi connectivity index (χ1n) is 7.16. The molecule has 0 saturated carbocycles. The molecule has 0 bridgehead atoms. The van der Waals surface area contributed by atoms with Crippen molar-refractivity contribution >= 4 is 16.9 Å². The number of aliphatic imine (C=N–C) groups is 1. The molecule has 1 aromatic rings. The third kappa shape index (κ3) is 3.30. The summed E-state index contributed by atoms with van der Waals surface area (Å²) in [6.07, 6.45) is 3.73. The Balaban J connectivity index is 1.50. The van der Waals surface area contributed by atoms with Gasteiger partial charge in [-0.1, -0.05) is 18.7 Å². The summed E-state index contributed by atoms with van der Waals surface area (Å²) in [6, 6.07) is 0. The number of aromatic nitrogens is 2. The molecule has 3 heterocycles. The molecule has 1 unspecified atom stereocenters. The lowest BCUT2D eigenvalue weighted by molar-refractivity contribution is 0.175. The zero-order valence-electron chi connectivity index (χ0n) is 12.1. The number of rotatable bonds is 2. The van der Waals surface area contributed by atoms with Crippen LogP contribution in [-0.4, -0.2) is 62.9 Å². The highest BCUT2D eigenvalue weighted by Gasteiger charge is 2.24. The minimum absolute atomic E-state index is 0.644. The fourth-order valence-corrected chi connectivity index (χ4v) is 3.45. The zero-order chi connectivity index (χ0) is 13.9. The van der Waals surface area contributed by atoms with Gasteiger partial charge in [-0.2, -0.15) is 0 Å². The van der Waals surface area contributed by atoms with E-state index in [0.717, 1.165) is 50.7 Å². The maximum atomic E-state index is 4.62. The first kappa shape index (κ1) is 13.8. The second-order valence-corrected chi connectivity index (χ2v) is 6.87. The average molecular weight is 291 g/mol. The molecule has 108 valence electrons. The predicted octanol–water partition coefficient (Wildman–Crippen LogP) is 1.39. The standard InChI is InChI=1S/C14H21N5S/c1-11-7-16-13(9-15-11)10-18-3-5-19(6-4-18)14-17-8-12(2)20-14/h7,9,12H,3-6,8,10H2,1-2H3. The van der Waals surface area contributed by atoms with Gasteiger partial charge in [-0.25, -0.2) is 0 Å². The van der Waals surface area contributed by atoms with Gasteiger partial charge in [-0.15, -0.1) is 0 Å². The van der Waals surface area contributed by atoms with E-state index in [1.54, 1.807) is 0 Å². The molecule has 0 spiro atoms. The van der Waals surface area contributed by atoms with Gasteiger partial charge in [0.1, 0.15) is 0 Å². The highest BCUT2D eigenvalue weighted by atomic mass is 32.2. The molecule has 5 nitrogen and oxygen atoms in total. The summed E-state index contributed by atoms with van der Waals surface area (Å²) >= 11 is 1.91. The van der Waals surface area contributed by atoms with Gasteiger partial charge in [0.2, 0.25) is 0 Å². The summed E-state index contributed by atoms with van der Waals surface area (Å²) in [5.74, 6) is 0. The molecule has 1 fully saturated rings. The Morgan fingerprint density at radius 1 is 1.20 bits per heavy atom. The maximum Gasteiger partial charge on any atom is 0.159 e. The fraction of sp³-hybridized carbons (Fsp3) is 0.643. The summed E-state index contributed by atoms with van der Waals surface area (Å²) in [5.41, 5.74) is 2.04. The second-order valence-electron chi connectivity index (χ2n) is 5.46. The van der Waals surface area contributed by atoms with Crippen molar-refractivity contribution in [3.05, 3.63) is 23.8 Å². The quantitative estimate of drug-likeness (QED) is 0.824. The summed E-state index contributed by atoms with van der Waals surface area (Å²) in [7, 11) is 0. The first-order valence-corrected chi connectivity index (χ1v) is 8.04. The molecule has 6 heteroatoms. The van der Waals surface area contributed by atoms with Crippen molar-refractivity contribution in [2.75, 3.05) is 32.7 Å². The number of hydrogen-bond donors (Lipinski definition) is 0. The van der Waals surface area contributed by atoms with Crippen LogP contribution in [0.15, 0.2) is 17.4 Å². The lowest BCUT2D eigenvalue weighted by Gasteiger charge is -2.35. The second kappa shape index (κ2) is 6.10. The molecule has 0 amide bonds. The van der Waals surface area contributed by atoms with E-state index in [2.05, 4.69) is 31.7 Å². The molecule has 2 aliphatic rings. The van der Waals surface area contributed by atoms with E-state index in [9.17, 15) is 0 Å². The van der Waals surface area contributed by atoms with Crippen LogP contribution in [-0.2, 0) is 6.54 Å². The Bertz CT molecular complexity index is 479. The average Bonchev–Trinajstić information content (AvgIpc) is 2.89. The largest absolute Gasteiger partial charge is 0.349 e. The molecule has 2 aliphatic heterocycles. The van der Waals surface area contributed by atoms with Gasteiger partial charge in [0.05, 0.1) is 17.9 Å². The minimum Gasteiger partial charge on any atom is -0.349 e. The predicted molar refractivity (Wildman–Crippen MR) is 83.0 cm³/mol. The number of piperazine rings is 1. The van der Waals surface area contributed by atoms with Crippen LogP contribution in [0, 0.1) is 6.92 Å². The van der Waals surface area contributed by atoms with E-state index in [1.807, 2.05) is 31.1 Å². The third-order valence-corrected chi connectivity index (χ3v) is 4.80. The maximum absolute atomic E-state index is 4.62. The molecule has 3 rings (SSSR count). The van der Waals surface area contributed by atoms with Gasteiger partial charge in [0.15, 0.2) is 5.17 Å². The number of nitrogens with zero attached hydrogens (tertiary/aromatic N) is 5. The van der Waals surface area contributed by atoms with Crippen molar-refractivity contribution in [3.8, 4) is 0 Å². The third-order valence-electron chi connectivity index (χ3n) is 3.65. The molecule has 0 aliphatic carbocycles. The molecule has 1 aromatic heterocycles. The number of thioether (sulfide) groups is 1. The molecular weight excluding hydrogens is 270 g/mol. The molecule has 0 radical (unpaired) electrons. The van der Waals surface area contributed by atoms with Crippen LogP contribution in [0.25, 0.3) is 0 Å². The Hall–Kier alpha value is -1.14. The van der Waals surface area contributed by atoms with Gasteiger partial charge < -0.3 is 4.90 Å². The first-order chi connectivity index (χ1) is 9.70. The Labute approximate surface area is 124 Å². The van der Waals surface area contributed by atoms with E-state index in [0.29, 0.717) is 5.25 Å². The SMILES string of the molecule is Cc1cnc(CN2CCN(C3=NCC(C)S3)CC2)cn1. The molecule has 0 N–H and O–H groups in total. The smallest absolute Gasteiger partial charge is 0.159 e. The Morgan fingerprint density at radius 3 is 2.60 bits per heavy atom. The van der Waals surface area contributed by atoms with E-state index >= 15 is 0 Å². The van der Waals surface area contributed by atoms with E-state index in [-0.39, 0.29) is 0 Å². The lowest BCUT2D eigenvalue weighted by atomic mass is 10.3. The van der Waals surface area contributed by atoms with E-state index in [1.165, 1.54) is 5.17 Å². The Kier molecular flexibility index (Phi) is 4.21. The van der Waals surface area contributed by atoms with Gasteiger partial charge in [-0.3, -0.25) is 19.9 Å². The van der Waals surface area contributed by atoms with Gasteiger partial charge in [-0.05, 0) is 6.92 Å². The number of hydrogen-bond acceptors (Lipinski definition) is 6. The van der Waals surface area contributed by atoms with E-state index < -0.39 is 0 Å². The molecule has 1 atom stereocenters. The highest BCUT2D eigenvalue weighted by molar-refractivity contribution is 8.14. The summed E-state index contributed by atoms with van der Waals surface area (Å²) in [5, 5.41) is 1.89. The molecule has 1 saturated heterocycles. The van der Waals surface area contributed by atoms with Crippen molar-refractivity contribution in [1.82, 2.24) is 19.8 Å². The van der Waals surface area contributed by atoms with Crippen LogP contribution in [0.4, 0.5) is 0 Å². The van der Waals surface area contributed by atoms with Crippen LogP contribution in [0.1, 0.15) is 18.3 Å². The van der Waals surface area contributed by atoms with Crippen molar-refractivity contribution < 1.29 is 0 Å². The minimum atomic E-state index is 0.644. The molecule has 20 heavy (non-hydrogen) atoms. The van der Waals surface area contributed by atoms with Crippen molar-refractivity contribution in [1.29, 1.82) is 0 Å². The molecular formula is C14H21N5S. The fourth-order valence-electron chi connectivity index (χ4n) is 2.46. The van der Waals surface area contributed by atoms with Gasteiger partial charge >= 0.3 is 0 Å². The van der Waals surface area contributed by atoms with Crippen LogP contribution in [0.5, 0.6) is 0 Å². The normalized spacial score (nSPS) is 24.0. The zero-order valence-corrected chi connectivity index (χ0v) is 12.9. The van der Waals surface area contributed by atoms with Crippen LogP contribution >= 0.6 is 11.8 Å². The topological polar surface area (TPSA) is 44.6 Å². The molecule has 0 aromatic carbocycles. The lowest BCUT2D eigenvalue weighted by Crippen LogP contribution is -2.47. The Morgan fingerprint density at radius 2 is 2.00 bits per heavy atom. The monoisotopic (exact) mass is 291 g/mol. The van der Waals surface area contributed by atoms with Crippen LogP contribution in [0.2, 0.25) is 0 Å². The summed E-state index contributed by atoms with van der Waals surface area (Å²) in [4.78, 5) is 18.2. The summed E-state index contributed by atoms with van der Waals surface area (Å²) < 4.78 is 0. The van der Waals surface area contributed by atoms with Gasteiger partial charge in [0, 0.05) is 50.4 Å². The van der Waals surface area contributed by atoms with Crippen molar-refractivity contribution in [2.45, 2.75) is 25.6 Å². The summed E-state index contributed by atoms with van der Waals surface area (Å²) in [6.45, 7) is 10.4. The van der Waals surface area contributed by atoms with E-state index in [4.69, 9.17) is 0 Å². The van der Waals surface area contributed by atoms with Crippen molar-refractivity contribution in [3.63, 3.8) is 0 Å². The van der Waals surface area contributed by atoms with Crippen LogP contribution in [0.3, 0.4) is 0 Å².